The van der Waals surface area contributed by atoms with Crippen molar-refractivity contribution in [1.82, 2.24) is 4.90 Å². The molecule has 0 heterocycles. The van der Waals surface area contributed by atoms with Gasteiger partial charge in [0.15, 0.2) is 0 Å². The van der Waals surface area contributed by atoms with E-state index in [2.05, 4.69) is 0 Å². The molecule has 68 valence electrons. The van der Waals surface area contributed by atoms with Crippen LogP contribution in [0.4, 0.5) is 0 Å². The van der Waals surface area contributed by atoms with Crippen LogP contribution in [0.15, 0.2) is 0 Å². The van der Waals surface area contributed by atoms with E-state index in [1.54, 1.807) is 0 Å². The van der Waals surface area contributed by atoms with E-state index in [1.165, 1.54) is 0 Å². The molecule has 0 saturated carbocycles. The van der Waals surface area contributed by atoms with Crippen LogP contribution < -0.4 is 0 Å². The van der Waals surface area contributed by atoms with E-state index in [0.29, 0.717) is 6.04 Å². The maximum Gasteiger partial charge on any atom is 0.0644 e. The van der Waals surface area contributed by atoms with Crippen molar-refractivity contribution in [3.05, 3.63) is 0 Å². The van der Waals surface area contributed by atoms with Crippen LogP contribution in [-0.4, -0.2) is 47.0 Å². The van der Waals surface area contributed by atoms with Gasteiger partial charge in [0.2, 0.25) is 0 Å². The first-order chi connectivity index (χ1) is 4.98. The Bertz CT molecular complexity index is 111. The molecule has 0 bridgehead atoms. The normalized spacial score (nSPS) is 13.1. The zero-order valence-electron chi connectivity index (χ0n) is 7.83. The predicted molar refractivity (Wildman–Crippen MR) is 45.5 cm³/mol. The largest absolute Gasteiger partial charge is 0.394 e. The van der Waals surface area contributed by atoms with Gasteiger partial charge in [-0.25, -0.2) is 0 Å². The summed E-state index contributed by atoms with van der Waals surface area (Å²) >= 11 is 0. The Labute approximate surface area is 68.6 Å². The summed E-state index contributed by atoms with van der Waals surface area (Å²) in [6, 6.07) is 0.333. The molecule has 0 unspecified atom stereocenters. The number of hydrogen-bond donors (Lipinski definition) is 2. The zero-order valence-corrected chi connectivity index (χ0v) is 7.83. The monoisotopic (exact) mass is 161 g/mol. The summed E-state index contributed by atoms with van der Waals surface area (Å²) in [6.45, 7) is 5.87. The smallest absolute Gasteiger partial charge is 0.0644 e. The third-order valence-corrected chi connectivity index (χ3v) is 2.31. The first kappa shape index (κ1) is 10.9. The first-order valence-electron chi connectivity index (χ1n) is 3.92. The Hall–Kier alpha value is -0.120. The maximum atomic E-state index is 9.00. The highest BCUT2D eigenvalue weighted by molar-refractivity contribution is 4.84. The van der Waals surface area contributed by atoms with Gasteiger partial charge in [-0.2, -0.15) is 0 Å². The van der Waals surface area contributed by atoms with Gasteiger partial charge in [-0.05, 0) is 27.8 Å². The molecular formula is C8H19NO2. The summed E-state index contributed by atoms with van der Waals surface area (Å²) in [5, 5.41) is 18.0. The van der Waals surface area contributed by atoms with Crippen LogP contribution in [0.25, 0.3) is 0 Å². The molecule has 0 aromatic heterocycles. The van der Waals surface area contributed by atoms with Crippen LogP contribution in [-0.2, 0) is 0 Å². The van der Waals surface area contributed by atoms with Gasteiger partial charge in [0.05, 0.1) is 18.8 Å². The number of rotatable bonds is 4. The quantitative estimate of drug-likeness (QED) is 0.613. The van der Waals surface area contributed by atoms with Gasteiger partial charge >= 0.3 is 0 Å². The van der Waals surface area contributed by atoms with Crippen molar-refractivity contribution in [2.45, 2.75) is 32.4 Å². The Kier molecular flexibility index (Phi) is 4.00. The van der Waals surface area contributed by atoms with Crippen molar-refractivity contribution in [1.29, 1.82) is 0 Å². The third-order valence-electron chi connectivity index (χ3n) is 2.31. The van der Waals surface area contributed by atoms with E-state index in [9.17, 15) is 0 Å². The molecule has 0 aliphatic heterocycles. The van der Waals surface area contributed by atoms with E-state index >= 15 is 0 Å². The first-order valence-corrected chi connectivity index (χ1v) is 3.92. The van der Waals surface area contributed by atoms with Crippen molar-refractivity contribution in [2.24, 2.45) is 0 Å². The molecule has 0 aliphatic carbocycles. The molecule has 0 fully saturated rings. The van der Waals surface area contributed by atoms with Crippen LogP contribution >= 0.6 is 0 Å². The fourth-order valence-corrected chi connectivity index (χ4v) is 0.896. The summed E-state index contributed by atoms with van der Waals surface area (Å²) in [7, 11) is 1.90. The maximum absolute atomic E-state index is 9.00. The summed E-state index contributed by atoms with van der Waals surface area (Å²) in [5.74, 6) is 0. The third kappa shape index (κ3) is 2.43. The van der Waals surface area contributed by atoms with Gasteiger partial charge in [0.25, 0.3) is 0 Å². The van der Waals surface area contributed by atoms with Crippen LogP contribution in [0.1, 0.15) is 20.8 Å². The average Bonchev–Trinajstić information content (AvgIpc) is 2.01. The van der Waals surface area contributed by atoms with Crippen LogP contribution in [0.3, 0.4) is 0 Å². The summed E-state index contributed by atoms with van der Waals surface area (Å²) in [4.78, 5) is 1.97. The molecule has 0 aliphatic rings. The highest BCUT2D eigenvalue weighted by atomic mass is 16.3. The van der Waals surface area contributed by atoms with Crippen LogP contribution in [0, 0.1) is 0 Å². The predicted octanol–water partition coefficient (Wildman–Crippen LogP) is 0.0699. The highest BCUT2D eigenvalue weighted by Gasteiger charge is 2.28. The van der Waals surface area contributed by atoms with Gasteiger partial charge < -0.3 is 10.2 Å². The topological polar surface area (TPSA) is 43.7 Å². The molecule has 0 atom stereocenters. The van der Waals surface area contributed by atoms with E-state index in [-0.39, 0.29) is 13.2 Å². The molecule has 0 aromatic carbocycles. The number of aliphatic hydroxyl groups excluding tert-OH is 2. The molecule has 0 aromatic rings. The standard InChI is InChI=1S/C8H19NO2/c1-7(2)9(4)8(3,5-10)6-11/h7,10-11H,5-6H2,1-4H3. The number of likely N-dealkylation sites (N-methyl/N-ethyl adjacent to an activating group) is 1. The lowest BCUT2D eigenvalue weighted by molar-refractivity contribution is -0.00134. The molecule has 0 spiro atoms. The fourth-order valence-electron chi connectivity index (χ4n) is 0.896. The Morgan fingerprint density at radius 1 is 1.27 bits per heavy atom. The average molecular weight is 161 g/mol. The van der Waals surface area contributed by atoms with Crippen molar-refractivity contribution >= 4 is 0 Å². The minimum absolute atomic E-state index is 0.0157. The SMILES string of the molecule is CC(C)N(C)C(C)(CO)CO. The van der Waals surface area contributed by atoms with Crippen molar-refractivity contribution in [3.63, 3.8) is 0 Å². The molecule has 0 radical (unpaired) electrons. The van der Waals surface area contributed by atoms with Crippen molar-refractivity contribution in [2.75, 3.05) is 20.3 Å². The van der Waals surface area contributed by atoms with Gasteiger partial charge in [-0.15, -0.1) is 0 Å². The second-order valence-corrected chi connectivity index (χ2v) is 3.52. The van der Waals surface area contributed by atoms with Gasteiger partial charge in [0, 0.05) is 6.04 Å². The van der Waals surface area contributed by atoms with Crippen molar-refractivity contribution in [3.8, 4) is 0 Å². The Morgan fingerprint density at radius 3 is 1.73 bits per heavy atom. The van der Waals surface area contributed by atoms with E-state index in [0.717, 1.165) is 0 Å². The summed E-state index contributed by atoms with van der Waals surface area (Å²) < 4.78 is 0. The molecule has 11 heavy (non-hydrogen) atoms. The molecule has 0 saturated heterocycles. The van der Waals surface area contributed by atoms with Crippen LogP contribution in [0.5, 0.6) is 0 Å². The second kappa shape index (κ2) is 4.04. The van der Waals surface area contributed by atoms with Gasteiger partial charge in [0.1, 0.15) is 0 Å². The molecule has 2 N–H and O–H groups in total. The molecule has 3 heteroatoms. The van der Waals surface area contributed by atoms with E-state index in [1.807, 2.05) is 32.7 Å². The molecule has 3 nitrogen and oxygen atoms in total. The van der Waals surface area contributed by atoms with E-state index < -0.39 is 5.54 Å². The number of nitrogens with zero attached hydrogens (tertiary/aromatic N) is 1. The van der Waals surface area contributed by atoms with E-state index in [4.69, 9.17) is 10.2 Å². The second-order valence-electron chi connectivity index (χ2n) is 3.52. The zero-order chi connectivity index (χ0) is 9.07. The van der Waals surface area contributed by atoms with Crippen molar-refractivity contribution < 1.29 is 10.2 Å². The fraction of sp³-hybridized carbons (Fsp3) is 1.00. The van der Waals surface area contributed by atoms with Crippen LogP contribution in [0.2, 0.25) is 0 Å². The van der Waals surface area contributed by atoms with Gasteiger partial charge in [-0.1, -0.05) is 0 Å². The lowest BCUT2D eigenvalue weighted by Crippen LogP contribution is -2.52. The Balaban J connectivity index is 4.24. The lowest BCUT2D eigenvalue weighted by Gasteiger charge is -2.38. The molecule has 0 rings (SSSR count). The minimum atomic E-state index is -0.492. The molecular weight excluding hydrogens is 142 g/mol. The summed E-state index contributed by atoms with van der Waals surface area (Å²) in [6.07, 6.45) is 0. The number of aliphatic hydroxyl groups is 2. The Morgan fingerprint density at radius 2 is 1.64 bits per heavy atom. The minimum Gasteiger partial charge on any atom is -0.394 e. The lowest BCUT2D eigenvalue weighted by atomic mass is 10.0. The molecule has 0 amide bonds. The summed E-state index contributed by atoms with van der Waals surface area (Å²) in [5.41, 5.74) is -0.492. The highest BCUT2D eigenvalue weighted by Crippen LogP contribution is 2.14. The van der Waals surface area contributed by atoms with Gasteiger partial charge in [-0.3, -0.25) is 4.90 Å². The number of hydrogen-bond acceptors (Lipinski definition) is 3.